The van der Waals surface area contributed by atoms with E-state index >= 15 is 0 Å². The number of nitrogens with two attached hydrogens (primary N) is 1. The van der Waals surface area contributed by atoms with Gasteiger partial charge in [-0.05, 0) is 110 Å². The molecule has 330 valence electrons. The van der Waals surface area contributed by atoms with Gasteiger partial charge in [0.25, 0.3) is 0 Å². The van der Waals surface area contributed by atoms with Gasteiger partial charge in [0.15, 0.2) is 14.9 Å². The highest BCUT2D eigenvalue weighted by Gasteiger charge is 2.45. The number of ether oxygens (including phenoxy) is 3. The fourth-order valence-corrected chi connectivity index (χ4v) is 6.95. The Hall–Kier alpha value is -3.44. The summed E-state index contributed by atoms with van der Waals surface area (Å²) in [6, 6.07) is -1.31. The van der Waals surface area contributed by atoms with E-state index in [1.54, 1.807) is 52.3 Å². The quantitative estimate of drug-likeness (QED) is 0.0298. The molecule has 0 radical (unpaired) electrons. The molecule has 15 nitrogen and oxygen atoms in total. The van der Waals surface area contributed by atoms with Crippen LogP contribution in [0.3, 0.4) is 0 Å². The van der Waals surface area contributed by atoms with Crippen molar-refractivity contribution in [3.63, 3.8) is 0 Å². The molecule has 1 heterocycles. The van der Waals surface area contributed by atoms with Crippen molar-refractivity contribution < 1.29 is 42.5 Å². The molecule has 17 heteroatoms. The van der Waals surface area contributed by atoms with Crippen molar-refractivity contribution in [1.29, 1.82) is 0 Å². The largest absolute Gasteiger partial charge is 0.451 e. The minimum atomic E-state index is -2.24. The summed E-state index contributed by atoms with van der Waals surface area (Å²) in [6.07, 6.45) is 2.27. The molecule has 1 saturated carbocycles. The van der Waals surface area contributed by atoms with Gasteiger partial charge in [0, 0.05) is 31.3 Å². The van der Waals surface area contributed by atoms with Gasteiger partial charge < -0.3 is 35.0 Å². The predicted octanol–water partition coefficient (Wildman–Crippen LogP) is 7.60. The number of nitrogens with one attached hydrogen (secondary N) is 2. The second-order valence-corrected chi connectivity index (χ2v) is 29.7. The fourth-order valence-electron chi connectivity index (χ4n) is 5.27. The Kier molecular flexibility index (Phi) is 17.7. The van der Waals surface area contributed by atoms with Crippen LogP contribution in [0.25, 0.3) is 0 Å². The highest BCUT2D eigenvalue weighted by molar-refractivity contribution is 6.74. The average molecular weight is 852 g/mol. The van der Waals surface area contributed by atoms with Gasteiger partial charge in [0.05, 0.1) is 11.7 Å². The maximum atomic E-state index is 13.3. The molecule has 4 atom stereocenters. The van der Waals surface area contributed by atoms with Crippen LogP contribution in [-0.2, 0) is 32.9 Å². The van der Waals surface area contributed by atoms with E-state index in [1.807, 2.05) is 0 Å². The number of nitrogens with zero attached hydrogens (tertiary/aromatic N) is 2. The fraction of sp³-hybridized carbons (Fsp3) is 0.780. The molecule has 1 aliphatic carbocycles. The molecule has 1 aromatic heterocycles. The van der Waals surface area contributed by atoms with Crippen molar-refractivity contribution in [3.8, 4) is 11.8 Å². The van der Waals surface area contributed by atoms with Crippen LogP contribution in [-0.4, -0.2) is 87.4 Å². The molecule has 0 spiro atoms. The number of rotatable bonds is 15. The van der Waals surface area contributed by atoms with Crippen molar-refractivity contribution in [2.75, 3.05) is 25.5 Å². The van der Waals surface area contributed by atoms with Gasteiger partial charge in [-0.15, -0.1) is 0 Å². The number of unbranched alkanes of at least 4 members (excludes halogenated alkanes) is 1. The Morgan fingerprint density at radius 1 is 0.897 bits per heavy atom. The molecule has 1 aliphatic rings. The number of alkyl carbamates (subject to hydrolysis) is 2. The van der Waals surface area contributed by atoms with Crippen molar-refractivity contribution in [1.82, 2.24) is 20.2 Å². The summed E-state index contributed by atoms with van der Waals surface area (Å²) in [5, 5.41) is 5.23. The van der Waals surface area contributed by atoms with Gasteiger partial charge in [0.2, 0.25) is 8.32 Å². The molecule has 0 aromatic carbocycles. The molecule has 0 aliphatic heterocycles. The summed E-state index contributed by atoms with van der Waals surface area (Å²) >= 11 is 0. The van der Waals surface area contributed by atoms with Gasteiger partial charge in [-0.2, -0.15) is 4.98 Å². The lowest BCUT2D eigenvalue weighted by Gasteiger charge is -2.38. The number of amides is 2. The van der Waals surface area contributed by atoms with Crippen molar-refractivity contribution >= 4 is 40.6 Å². The van der Waals surface area contributed by atoms with E-state index < -0.39 is 57.7 Å². The molecule has 1 unspecified atom stereocenters. The van der Waals surface area contributed by atoms with Gasteiger partial charge in [-0.1, -0.05) is 53.4 Å². The Bertz CT molecular complexity index is 1640. The normalized spacial score (nSPS) is 18.4. The first-order chi connectivity index (χ1) is 26.3. The summed E-state index contributed by atoms with van der Waals surface area (Å²) in [6.45, 7) is 32.7. The topological polar surface area (TPSA) is 192 Å². The summed E-state index contributed by atoms with van der Waals surface area (Å²) in [5.41, 5.74) is 4.54. The first-order valence-corrected chi connectivity index (χ1v) is 26.1. The number of esters is 1. The molecule has 2 rings (SSSR count). The summed E-state index contributed by atoms with van der Waals surface area (Å²) < 4.78 is 30.5. The number of nitrogen functional groups attached to an aromatic ring is 1. The lowest BCUT2D eigenvalue weighted by atomic mass is 10.1. The van der Waals surface area contributed by atoms with E-state index in [-0.39, 0.29) is 47.0 Å². The molecular weight excluding hydrogens is 779 g/mol. The van der Waals surface area contributed by atoms with Crippen LogP contribution < -0.4 is 22.1 Å². The average Bonchev–Trinajstić information content (AvgIpc) is 3.44. The standard InChI is InChI=1S/C41H73N5O10Si2/c1-38(2,3)53-36(49)43-22-18-17-21-31(44-37(50)54-39(4,5)6)34(47)51-23-19-20-28-26-46(35(48)45-33(28)42)30-24-29(27-52-57(13,14)40(7,8)9)32(25-30)55-56-58(15,16)41(10,11)12/h26,29-32H,17-18,21-25,27H2,1-16H3,(H,43,49)(H,44,50)(H2,42,45,48)/t29-,30-,31?,32-/m1/s1. The van der Waals surface area contributed by atoms with Crippen LogP contribution in [0.5, 0.6) is 0 Å². The third kappa shape index (κ3) is 16.7. The van der Waals surface area contributed by atoms with Gasteiger partial charge in [-0.25, -0.2) is 24.1 Å². The molecule has 58 heavy (non-hydrogen) atoms. The van der Waals surface area contributed by atoms with Crippen molar-refractivity contribution in [2.24, 2.45) is 5.92 Å². The minimum absolute atomic E-state index is 0.0242. The zero-order valence-corrected chi connectivity index (χ0v) is 40.1. The number of hydrogen-bond donors (Lipinski definition) is 3. The third-order valence-electron chi connectivity index (χ3n) is 10.7. The first kappa shape index (κ1) is 50.7. The Balaban J connectivity index is 2.21. The van der Waals surface area contributed by atoms with E-state index in [4.69, 9.17) is 33.8 Å². The number of anilines is 1. The number of carbonyl (C=O) groups is 3. The second kappa shape index (κ2) is 20.2. The SMILES string of the molecule is CC(C)(C)OC(=O)NCCCCC(NC(=O)OC(C)(C)C)C(=O)OCC#Cc1cn([C@@H]2C[C@H](CO[Si](C)(C)C(C)(C)C)[C@H](OO[Si](C)(C)C(C)(C)C)C2)c(=O)nc1N. The molecule has 1 aromatic rings. The molecule has 1 fully saturated rings. The van der Waals surface area contributed by atoms with E-state index in [9.17, 15) is 19.2 Å². The zero-order valence-electron chi connectivity index (χ0n) is 38.1. The number of hydrogen-bond acceptors (Lipinski definition) is 12. The van der Waals surface area contributed by atoms with Crippen molar-refractivity contribution in [2.45, 2.75) is 181 Å². The lowest BCUT2D eigenvalue weighted by molar-refractivity contribution is -0.267. The third-order valence-corrected chi connectivity index (χ3v) is 19.3. The Morgan fingerprint density at radius 3 is 2.05 bits per heavy atom. The highest BCUT2D eigenvalue weighted by Crippen LogP contribution is 2.42. The summed E-state index contributed by atoms with van der Waals surface area (Å²) in [4.78, 5) is 61.3. The first-order valence-electron chi connectivity index (χ1n) is 20.3. The summed E-state index contributed by atoms with van der Waals surface area (Å²) in [5.74, 6) is 4.90. The van der Waals surface area contributed by atoms with Gasteiger partial charge >= 0.3 is 23.8 Å². The Labute approximate surface area is 348 Å². The predicted molar refractivity (Wildman–Crippen MR) is 230 cm³/mol. The van der Waals surface area contributed by atoms with E-state index in [1.165, 1.54) is 0 Å². The maximum Gasteiger partial charge on any atom is 0.408 e. The van der Waals surface area contributed by atoms with Crippen LogP contribution in [0.4, 0.5) is 15.4 Å². The molecule has 2 amide bonds. The van der Waals surface area contributed by atoms with Crippen LogP contribution in [0.2, 0.25) is 36.3 Å². The monoisotopic (exact) mass is 851 g/mol. The van der Waals surface area contributed by atoms with Gasteiger partial charge in [0.1, 0.15) is 23.1 Å². The van der Waals surface area contributed by atoms with Crippen LogP contribution in [0.15, 0.2) is 11.0 Å². The van der Waals surface area contributed by atoms with Gasteiger partial charge in [-0.3, -0.25) is 9.14 Å². The lowest BCUT2D eigenvalue weighted by Crippen LogP contribution is -2.44. The number of aromatic nitrogens is 2. The highest BCUT2D eigenvalue weighted by atomic mass is 28.4. The molecule has 0 saturated heterocycles. The maximum absolute atomic E-state index is 13.3. The van der Waals surface area contributed by atoms with Crippen molar-refractivity contribution in [3.05, 3.63) is 22.2 Å². The zero-order chi connectivity index (χ0) is 44.5. The Morgan fingerprint density at radius 2 is 1.48 bits per heavy atom. The molecule has 0 bridgehead atoms. The smallest absolute Gasteiger partial charge is 0.408 e. The van der Waals surface area contributed by atoms with Crippen LogP contribution in [0, 0.1) is 17.8 Å². The van der Waals surface area contributed by atoms with Crippen LogP contribution >= 0.6 is 0 Å². The molecular formula is C41H73N5O10Si2. The van der Waals surface area contributed by atoms with E-state index in [2.05, 4.69) is 95.2 Å². The number of carbonyl (C=O) groups excluding carboxylic acids is 3. The van der Waals surface area contributed by atoms with Crippen LogP contribution in [0.1, 0.15) is 127 Å². The van der Waals surface area contributed by atoms with E-state index in [0.29, 0.717) is 44.4 Å². The molecule has 4 N–H and O–H groups in total. The van der Waals surface area contributed by atoms with E-state index in [0.717, 1.165) is 0 Å². The minimum Gasteiger partial charge on any atom is -0.451 e. The second-order valence-electron chi connectivity index (χ2n) is 20.2. The summed E-state index contributed by atoms with van der Waals surface area (Å²) in [7, 11) is -4.32.